The van der Waals surface area contributed by atoms with Crippen molar-refractivity contribution in [2.45, 2.75) is 99.1 Å². The summed E-state index contributed by atoms with van der Waals surface area (Å²) in [5.41, 5.74) is 0. The molecule has 5 aliphatic rings. The Labute approximate surface area is 225 Å². The van der Waals surface area contributed by atoms with Gasteiger partial charge in [0, 0.05) is 30.5 Å². The maximum absolute atomic E-state index is 14.4. The fourth-order valence-corrected chi connectivity index (χ4v) is 9.51. The molecule has 3 fully saturated rings. The first-order valence-corrected chi connectivity index (χ1v) is 15.2. The van der Waals surface area contributed by atoms with Crippen molar-refractivity contribution in [2.24, 2.45) is 11.8 Å². The Bertz CT molecular complexity index is 947. The summed E-state index contributed by atoms with van der Waals surface area (Å²) < 4.78 is 4.30. The molecule has 1 aliphatic carbocycles. The molecule has 4 aliphatic heterocycles. The highest BCUT2D eigenvalue weighted by atomic mass is 32.2. The molecule has 2 saturated heterocycles. The van der Waals surface area contributed by atoms with Gasteiger partial charge in [-0.3, -0.25) is 14.4 Å². The summed E-state index contributed by atoms with van der Waals surface area (Å²) in [6.45, 7) is 3.64. The predicted octanol–water partition coefficient (Wildman–Crippen LogP) is 3.85. The molecule has 1 spiro atoms. The highest BCUT2D eigenvalue weighted by Crippen LogP contribution is 2.65. The smallest absolute Gasteiger partial charge is 0.311 e. The summed E-state index contributed by atoms with van der Waals surface area (Å²) in [7, 11) is 0. The highest BCUT2D eigenvalue weighted by Gasteiger charge is 2.73. The van der Waals surface area contributed by atoms with Gasteiger partial charge in [0.1, 0.15) is 6.04 Å². The van der Waals surface area contributed by atoms with Crippen molar-refractivity contribution >= 4 is 29.5 Å². The third-order valence-corrected chi connectivity index (χ3v) is 10.9. The number of hydrogen-bond donors (Lipinski definition) is 1. The zero-order chi connectivity index (χ0) is 26.0. The van der Waals surface area contributed by atoms with Gasteiger partial charge in [0.15, 0.2) is 0 Å². The van der Waals surface area contributed by atoms with E-state index in [0.717, 1.165) is 64.2 Å². The van der Waals surface area contributed by atoms with E-state index >= 15 is 0 Å². The van der Waals surface area contributed by atoms with Crippen LogP contribution < -0.4 is 0 Å². The molecular formula is C29H42N2O5S. The first-order valence-electron chi connectivity index (χ1n) is 14.4. The molecule has 0 radical (unpaired) electrons. The van der Waals surface area contributed by atoms with Crippen molar-refractivity contribution in [3.63, 3.8) is 0 Å². The lowest BCUT2D eigenvalue weighted by Gasteiger charge is -2.40. The summed E-state index contributed by atoms with van der Waals surface area (Å²) in [6.07, 6.45) is 18.9. The second-order valence-electron chi connectivity index (χ2n) is 11.6. The van der Waals surface area contributed by atoms with Gasteiger partial charge in [-0.15, -0.1) is 11.8 Å². The van der Waals surface area contributed by atoms with Crippen LogP contribution in [0.25, 0.3) is 0 Å². The number of esters is 1. The number of fused-ring (bicyclic) bond motifs is 2. The van der Waals surface area contributed by atoms with Gasteiger partial charge in [0.05, 0.1) is 23.2 Å². The molecule has 0 aromatic rings. The van der Waals surface area contributed by atoms with Crippen LogP contribution in [-0.4, -0.2) is 80.6 Å². The standard InChI is InChI=1S/C29H42N2O5S/c1-28-15-8-5-11-20-36-27(35)23(28)22-25(33)31(17-9-2-3-10-19-32)24-26(34)30(21-13-6-4-7-14-21)18-12-16-29(22,24)37-28/h8,12,15-16,21-24,32H,2-7,9-11,13-14,17-20H2,1H3/b15-8-/t22-,23-,24?,28+,29-/m0/s1. The van der Waals surface area contributed by atoms with Crippen molar-refractivity contribution in [1.29, 1.82) is 0 Å². The van der Waals surface area contributed by atoms with E-state index < -0.39 is 27.4 Å². The topological polar surface area (TPSA) is 87.1 Å². The fourth-order valence-electron chi connectivity index (χ4n) is 7.36. The monoisotopic (exact) mass is 530 g/mol. The van der Waals surface area contributed by atoms with Crippen LogP contribution in [0.5, 0.6) is 0 Å². The van der Waals surface area contributed by atoms with Crippen LogP contribution >= 0.6 is 11.8 Å². The minimum atomic E-state index is -0.787. The first kappa shape index (κ1) is 26.8. The number of ether oxygens (including phenoxy) is 1. The largest absolute Gasteiger partial charge is 0.465 e. The Morgan fingerprint density at radius 2 is 1.76 bits per heavy atom. The van der Waals surface area contributed by atoms with Gasteiger partial charge in [-0.25, -0.2) is 0 Å². The van der Waals surface area contributed by atoms with Gasteiger partial charge in [0.2, 0.25) is 11.8 Å². The van der Waals surface area contributed by atoms with E-state index in [1.807, 2.05) is 16.7 Å². The molecule has 5 rings (SSSR count). The van der Waals surface area contributed by atoms with Crippen LogP contribution in [-0.2, 0) is 19.1 Å². The number of aliphatic hydroxyl groups excluding tert-OH is 1. The molecule has 7 nitrogen and oxygen atoms in total. The summed E-state index contributed by atoms with van der Waals surface area (Å²) in [6, 6.07) is -0.396. The number of amides is 2. The number of carbonyl (C=O) groups excluding carboxylic acids is 3. The molecule has 4 heterocycles. The number of hydrogen-bond acceptors (Lipinski definition) is 6. The summed E-state index contributed by atoms with van der Waals surface area (Å²) in [5.74, 6) is -1.59. The average Bonchev–Trinajstić information content (AvgIpc) is 3.23. The van der Waals surface area contributed by atoms with Gasteiger partial charge < -0.3 is 19.6 Å². The zero-order valence-corrected chi connectivity index (χ0v) is 22.9. The van der Waals surface area contributed by atoms with E-state index in [1.54, 1.807) is 11.8 Å². The van der Waals surface area contributed by atoms with Gasteiger partial charge in [0.25, 0.3) is 0 Å². The maximum Gasteiger partial charge on any atom is 0.311 e. The Balaban J connectivity index is 1.53. The number of rotatable bonds is 7. The Hall–Kier alpha value is -1.80. The quantitative estimate of drug-likeness (QED) is 0.306. The highest BCUT2D eigenvalue weighted by molar-refractivity contribution is 8.02. The SMILES string of the molecule is C[C@@]12/C=C\CCCOC(=O)[C@@H]1[C@H]1C(=O)N(CCCCCCO)C3C(=O)N(C4CCCCC4)CC=C[C@@]31S2. The van der Waals surface area contributed by atoms with Crippen LogP contribution in [0.1, 0.15) is 77.6 Å². The number of cyclic esters (lactones) is 1. The number of thioether (sulfide) groups is 1. The maximum atomic E-state index is 14.4. The van der Waals surface area contributed by atoms with Crippen molar-refractivity contribution in [3.05, 3.63) is 24.3 Å². The molecule has 2 amide bonds. The van der Waals surface area contributed by atoms with Crippen molar-refractivity contribution in [1.82, 2.24) is 9.80 Å². The van der Waals surface area contributed by atoms with Gasteiger partial charge in [-0.05, 0) is 45.4 Å². The molecule has 1 saturated carbocycles. The van der Waals surface area contributed by atoms with Gasteiger partial charge in [-0.2, -0.15) is 0 Å². The number of nitrogens with zero attached hydrogens (tertiary/aromatic N) is 2. The lowest BCUT2D eigenvalue weighted by molar-refractivity contribution is -0.154. The number of carbonyl (C=O) groups is 3. The van der Waals surface area contributed by atoms with Gasteiger partial charge >= 0.3 is 5.97 Å². The van der Waals surface area contributed by atoms with Crippen LogP contribution in [0.4, 0.5) is 0 Å². The van der Waals surface area contributed by atoms with Crippen molar-refractivity contribution < 1.29 is 24.2 Å². The lowest BCUT2D eigenvalue weighted by atomic mass is 9.74. The molecule has 0 aromatic carbocycles. The van der Waals surface area contributed by atoms with Crippen LogP contribution in [0.3, 0.4) is 0 Å². The van der Waals surface area contributed by atoms with Crippen LogP contribution in [0, 0.1) is 11.8 Å². The van der Waals surface area contributed by atoms with Crippen molar-refractivity contribution in [2.75, 3.05) is 26.3 Å². The fraction of sp³-hybridized carbons (Fsp3) is 0.759. The molecule has 0 bridgehead atoms. The minimum Gasteiger partial charge on any atom is -0.465 e. The predicted molar refractivity (Wildman–Crippen MR) is 144 cm³/mol. The number of allylic oxidation sites excluding steroid dienone is 1. The second-order valence-corrected chi connectivity index (χ2v) is 13.4. The number of aliphatic hydroxyl groups is 1. The third-order valence-electron chi connectivity index (χ3n) is 9.10. The lowest BCUT2D eigenvalue weighted by Crippen LogP contribution is -2.55. The number of likely N-dealkylation sites (tertiary alicyclic amines) is 1. The van der Waals surface area contributed by atoms with Crippen LogP contribution in [0.15, 0.2) is 24.3 Å². The van der Waals surface area contributed by atoms with E-state index in [-0.39, 0.29) is 30.4 Å². The molecule has 0 aromatic heterocycles. The minimum absolute atomic E-state index is 0.0445. The van der Waals surface area contributed by atoms with Crippen molar-refractivity contribution in [3.8, 4) is 0 Å². The van der Waals surface area contributed by atoms with Gasteiger partial charge in [-0.1, -0.05) is 56.4 Å². The molecular weight excluding hydrogens is 488 g/mol. The van der Waals surface area contributed by atoms with E-state index in [0.29, 0.717) is 19.7 Å². The molecule has 1 unspecified atom stereocenters. The molecule has 1 N–H and O–H groups in total. The van der Waals surface area contributed by atoms with E-state index in [4.69, 9.17) is 9.84 Å². The second kappa shape index (κ2) is 11.1. The zero-order valence-electron chi connectivity index (χ0n) is 22.1. The number of unbranched alkanes of at least 4 members (excludes halogenated alkanes) is 3. The summed E-state index contributed by atoms with van der Waals surface area (Å²) in [5, 5.41) is 9.15. The van der Waals surface area contributed by atoms with E-state index in [9.17, 15) is 14.4 Å². The summed E-state index contributed by atoms with van der Waals surface area (Å²) >= 11 is 1.64. The Morgan fingerprint density at radius 3 is 2.54 bits per heavy atom. The molecule has 37 heavy (non-hydrogen) atoms. The Morgan fingerprint density at radius 1 is 0.973 bits per heavy atom. The first-order chi connectivity index (χ1) is 17.9. The normalized spacial score (nSPS) is 37.2. The average molecular weight is 531 g/mol. The molecule has 5 atom stereocenters. The Kier molecular flexibility index (Phi) is 8.06. The third kappa shape index (κ3) is 4.77. The van der Waals surface area contributed by atoms with E-state index in [1.165, 1.54) is 6.42 Å². The summed E-state index contributed by atoms with van der Waals surface area (Å²) in [4.78, 5) is 46.1. The molecule has 8 heteroatoms. The van der Waals surface area contributed by atoms with E-state index in [2.05, 4.69) is 24.3 Å². The molecule has 204 valence electrons. The van der Waals surface area contributed by atoms with Crippen LogP contribution in [0.2, 0.25) is 0 Å².